The molecule has 14 heavy (non-hydrogen) atoms. The summed E-state index contributed by atoms with van der Waals surface area (Å²) >= 11 is 0. The number of para-hydroxylation sites is 2. The van der Waals surface area contributed by atoms with Gasteiger partial charge in [0.25, 0.3) is 0 Å². The number of hydrogen-bond acceptors (Lipinski definition) is 2. The van der Waals surface area contributed by atoms with Gasteiger partial charge in [0.2, 0.25) is 0 Å². The topological polar surface area (TPSA) is 12.5 Å². The zero-order valence-corrected chi connectivity index (χ0v) is 9.03. The van der Waals surface area contributed by atoms with Crippen LogP contribution in [0.25, 0.3) is 0 Å². The van der Waals surface area contributed by atoms with Gasteiger partial charge in [-0.05, 0) is 32.4 Å². The Morgan fingerprint density at radius 3 is 2.43 bits per heavy atom. The van der Waals surface area contributed by atoms with Gasteiger partial charge in [0.1, 0.15) is 5.75 Å². The summed E-state index contributed by atoms with van der Waals surface area (Å²) in [7, 11) is 1.73. The van der Waals surface area contributed by atoms with Crippen LogP contribution in [0.2, 0.25) is 0 Å². The van der Waals surface area contributed by atoms with Crippen LogP contribution in [0.4, 0.5) is 5.69 Å². The average Bonchev–Trinajstić information content (AvgIpc) is 2.18. The van der Waals surface area contributed by atoms with Crippen molar-refractivity contribution < 1.29 is 4.74 Å². The molecule has 0 N–H and O–H groups in total. The lowest BCUT2D eigenvalue weighted by Gasteiger charge is -2.47. The van der Waals surface area contributed by atoms with Gasteiger partial charge in [-0.25, -0.2) is 0 Å². The molecule has 0 radical (unpaired) electrons. The Balaban J connectivity index is 2.31. The Kier molecular flexibility index (Phi) is 2.36. The van der Waals surface area contributed by atoms with Crippen molar-refractivity contribution in [2.75, 3.05) is 12.0 Å². The second kappa shape index (κ2) is 3.52. The Morgan fingerprint density at radius 1 is 1.21 bits per heavy atom. The molecule has 2 nitrogen and oxygen atoms in total. The summed E-state index contributed by atoms with van der Waals surface area (Å²) in [5.74, 6) is 0.978. The van der Waals surface area contributed by atoms with E-state index in [0.29, 0.717) is 12.1 Å². The van der Waals surface area contributed by atoms with E-state index in [9.17, 15) is 0 Å². The number of rotatable bonds is 2. The zero-order chi connectivity index (χ0) is 10.1. The molecule has 1 aromatic rings. The first-order valence-electron chi connectivity index (χ1n) is 5.15. The van der Waals surface area contributed by atoms with Gasteiger partial charge in [-0.2, -0.15) is 0 Å². The van der Waals surface area contributed by atoms with E-state index in [0.717, 1.165) is 5.75 Å². The normalized spacial score (nSPS) is 25.8. The minimum absolute atomic E-state index is 0.640. The number of anilines is 1. The standard InChI is InChI=1S/C12H17NO/c1-9-8-10(2)13(9)11-6-4-5-7-12(11)14-3/h4-7,9-10H,8H2,1-3H3/t9-,10-/m1/s1. The van der Waals surface area contributed by atoms with Crippen LogP contribution in [0.1, 0.15) is 20.3 Å². The van der Waals surface area contributed by atoms with E-state index in [-0.39, 0.29) is 0 Å². The van der Waals surface area contributed by atoms with E-state index < -0.39 is 0 Å². The summed E-state index contributed by atoms with van der Waals surface area (Å²) < 4.78 is 5.36. The van der Waals surface area contributed by atoms with Gasteiger partial charge in [-0.1, -0.05) is 12.1 Å². The summed E-state index contributed by atoms with van der Waals surface area (Å²) in [4.78, 5) is 2.42. The summed E-state index contributed by atoms with van der Waals surface area (Å²) in [6.07, 6.45) is 1.28. The van der Waals surface area contributed by atoms with E-state index in [2.05, 4.69) is 30.9 Å². The molecule has 0 aliphatic carbocycles. The van der Waals surface area contributed by atoms with Gasteiger partial charge < -0.3 is 9.64 Å². The van der Waals surface area contributed by atoms with Crippen molar-refractivity contribution in [2.45, 2.75) is 32.4 Å². The molecule has 1 fully saturated rings. The van der Waals surface area contributed by atoms with Crippen molar-refractivity contribution in [2.24, 2.45) is 0 Å². The quantitative estimate of drug-likeness (QED) is 0.712. The van der Waals surface area contributed by atoms with Crippen molar-refractivity contribution in [1.29, 1.82) is 0 Å². The van der Waals surface area contributed by atoms with Crippen molar-refractivity contribution in [1.82, 2.24) is 0 Å². The molecular formula is C12H17NO. The molecule has 0 saturated carbocycles. The van der Waals surface area contributed by atoms with Gasteiger partial charge in [0.05, 0.1) is 12.8 Å². The molecule has 1 aliphatic heterocycles. The Bertz CT molecular complexity index is 316. The molecular weight excluding hydrogens is 174 g/mol. The first-order valence-corrected chi connectivity index (χ1v) is 5.15. The zero-order valence-electron chi connectivity index (χ0n) is 9.03. The first kappa shape index (κ1) is 9.38. The highest BCUT2D eigenvalue weighted by atomic mass is 16.5. The summed E-state index contributed by atoms with van der Waals surface area (Å²) in [5.41, 5.74) is 1.22. The first-order chi connectivity index (χ1) is 6.74. The second-order valence-electron chi connectivity index (χ2n) is 4.01. The lowest BCUT2D eigenvalue weighted by molar-refractivity contribution is 0.363. The van der Waals surface area contributed by atoms with Crippen LogP contribution in [-0.4, -0.2) is 19.2 Å². The molecule has 0 amide bonds. The van der Waals surface area contributed by atoms with E-state index in [1.54, 1.807) is 7.11 Å². The number of hydrogen-bond donors (Lipinski definition) is 0. The number of benzene rings is 1. The fraction of sp³-hybridized carbons (Fsp3) is 0.500. The highest BCUT2D eigenvalue weighted by Gasteiger charge is 2.33. The molecule has 0 unspecified atom stereocenters. The molecule has 1 heterocycles. The third-order valence-electron chi connectivity index (χ3n) is 3.00. The van der Waals surface area contributed by atoms with Crippen LogP contribution in [0.3, 0.4) is 0 Å². The Labute approximate surface area is 85.5 Å². The van der Waals surface area contributed by atoms with Crippen LogP contribution in [0, 0.1) is 0 Å². The van der Waals surface area contributed by atoms with Crippen molar-refractivity contribution >= 4 is 5.69 Å². The monoisotopic (exact) mass is 191 g/mol. The highest BCUT2D eigenvalue weighted by molar-refractivity contribution is 5.61. The largest absolute Gasteiger partial charge is 0.495 e. The van der Waals surface area contributed by atoms with Crippen LogP contribution >= 0.6 is 0 Å². The lowest BCUT2D eigenvalue weighted by Crippen LogP contribution is -2.53. The van der Waals surface area contributed by atoms with E-state index in [4.69, 9.17) is 4.74 Å². The van der Waals surface area contributed by atoms with Crippen molar-refractivity contribution in [3.8, 4) is 5.75 Å². The van der Waals surface area contributed by atoms with Gasteiger partial charge in [0, 0.05) is 12.1 Å². The summed E-state index contributed by atoms with van der Waals surface area (Å²) in [5, 5.41) is 0. The molecule has 1 saturated heterocycles. The number of nitrogens with zero attached hydrogens (tertiary/aromatic N) is 1. The lowest BCUT2D eigenvalue weighted by atomic mass is 9.94. The summed E-state index contributed by atoms with van der Waals surface area (Å²) in [6.45, 7) is 4.51. The van der Waals surface area contributed by atoms with Crippen LogP contribution in [-0.2, 0) is 0 Å². The minimum Gasteiger partial charge on any atom is -0.495 e. The maximum absolute atomic E-state index is 5.36. The van der Waals surface area contributed by atoms with E-state index in [1.165, 1.54) is 12.1 Å². The van der Waals surface area contributed by atoms with Crippen LogP contribution in [0.15, 0.2) is 24.3 Å². The minimum atomic E-state index is 0.640. The van der Waals surface area contributed by atoms with Crippen molar-refractivity contribution in [3.05, 3.63) is 24.3 Å². The van der Waals surface area contributed by atoms with E-state index >= 15 is 0 Å². The molecule has 2 rings (SSSR count). The fourth-order valence-corrected chi connectivity index (χ4v) is 2.34. The molecule has 0 spiro atoms. The Hall–Kier alpha value is -1.18. The highest BCUT2D eigenvalue weighted by Crippen LogP contribution is 2.37. The molecule has 2 heteroatoms. The maximum atomic E-state index is 5.36. The third kappa shape index (κ3) is 1.35. The number of methoxy groups -OCH3 is 1. The molecule has 1 aromatic carbocycles. The maximum Gasteiger partial charge on any atom is 0.142 e. The molecule has 1 aliphatic rings. The van der Waals surface area contributed by atoms with E-state index in [1.807, 2.05) is 12.1 Å². The van der Waals surface area contributed by atoms with Crippen LogP contribution in [0.5, 0.6) is 5.75 Å². The molecule has 76 valence electrons. The SMILES string of the molecule is COc1ccccc1N1[C@H](C)C[C@H]1C. The van der Waals surface area contributed by atoms with Gasteiger partial charge in [0.15, 0.2) is 0 Å². The Morgan fingerprint density at radius 2 is 1.86 bits per heavy atom. The smallest absolute Gasteiger partial charge is 0.142 e. The van der Waals surface area contributed by atoms with Gasteiger partial charge >= 0.3 is 0 Å². The molecule has 0 aromatic heterocycles. The third-order valence-corrected chi connectivity index (χ3v) is 3.00. The van der Waals surface area contributed by atoms with Gasteiger partial charge in [-0.15, -0.1) is 0 Å². The van der Waals surface area contributed by atoms with Crippen LogP contribution < -0.4 is 9.64 Å². The van der Waals surface area contributed by atoms with Gasteiger partial charge in [-0.3, -0.25) is 0 Å². The molecule has 2 atom stereocenters. The fourth-order valence-electron chi connectivity index (χ4n) is 2.34. The summed E-state index contributed by atoms with van der Waals surface area (Å²) in [6, 6.07) is 9.51. The predicted molar refractivity (Wildman–Crippen MR) is 59.0 cm³/mol. The molecule has 0 bridgehead atoms. The number of ether oxygens (including phenoxy) is 1. The van der Waals surface area contributed by atoms with Crippen molar-refractivity contribution in [3.63, 3.8) is 0 Å². The second-order valence-corrected chi connectivity index (χ2v) is 4.01. The average molecular weight is 191 g/mol. The predicted octanol–water partition coefficient (Wildman–Crippen LogP) is 2.68.